The lowest BCUT2D eigenvalue weighted by Gasteiger charge is -2.10. The Morgan fingerprint density at radius 2 is 2.00 bits per heavy atom. The van der Waals surface area contributed by atoms with E-state index in [4.69, 9.17) is 5.73 Å². The largest absolute Gasteiger partial charge is 0.419 e. The predicted octanol–water partition coefficient (Wildman–Crippen LogP) is 2.06. The zero-order valence-corrected chi connectivity index (χ0v) is 9.53. The quantitative estimate of drug-likeness (QED) is 0.826. The molecular formula is C10H6F4N4O2. The van der Waals surface area contributed by atoms with Gasteiger partial charge in [-0.2, -0.15) is 13.2 Å². The molecule has 0 fully saturated rings. The molecule has 1 aromatic carbocycles. The molecule has 0 aliphatic rings. The Bertz CT molecular complexity index is 653. The second-order valence-corrected chi connectivity index (χ2v) is 3.64. The number of nitrogens with one attached hydrogen (secondary N) is 1. The lowest BCUT2D eigenvalue weighted by Crippen LogP contribution is -2.15. The van der Waals surface area contributed by atoms with Gasteiger partial charge in [-0.3, -0.25) is 4.79 Å². The molecule has 0 aliphatic heterocycles. The number of rotatable bonds is 2. The Labute approximate surface area is 108 Å². The van der Waals surface area contributed by atoms with Crippen molar-refractivity contribution in [3.05, 3.63) is 35.3 Å². The van der Waals surface area contributed by atoms with E-state index in [0.717, 1.165) is 6.07 Å². The summed E-state index contributed by atoms with van der Waals surface area (Å²) in [5.41, 5.74) is 3.09. The summed E-state index contributed by atoms with van der Waals surface area (Å²) in [6.45, 7) is 0. The number of aromatic nitrogens is 2. The number of nitrogens with two attached hydrogens (primary N) is 1. The number of anilines is 2. The minimum absolute atomic E-state index is 0.272. The van der Waals surface area contributed by atoms with Gasteiger partial charge in [0.05, 0.1) is 5.56 Å². The maximum absolute atomic E-state index is 13.1. The van der Waals surface area contributed by atoms with Crippen molar-refractivity contribution < 1.29 is 27.0 Å². The maximum atomic E-state index is 13.1. The molecule has 10 heteroatoms. The highest BCUT2D eigenvalue weighted by atomic mass is 19.4. The van der Waals surface area contributed by atoms with Crippen molar-refractivity contribution in [3.8, 4) is 0 Å². The van der Waals surface area contributed by atoms with Crippen LogP contribution in [0.4, 0.5) is 29.1 Å². The van der Waals surface area contributed by atoms with Crippen LogP contribution in [0.2, 0.25) is 0 Å². The fourth-order valence-corrected chi connectivity index (χ4v) is 1.36. The number of carbonyl (C=O) groups is 1. The van der Waals surface area contributed by atoms with Crippen LogP contribution in [0.25, 0.3) is 0 Å². The van der Waals surface area contributed by atoms with Crippen LogP contribution < -0.4 is 11.1 Å². The minimum atomic E-state index is -4.88. The van der Waals surface area contributed by atoms with Crippen LogP contribution in [0.15, 0.2) is 22.8 Å². The summed E-state index contributed by atoms with van der Waals surface area (Å²) in [5.74, 6) is -2.69. The van der Waals surface area contributed by atoms with E-state index in [2.05, 4.69) is 20.3 Å². The van der Waals surface area contributed by atoms with Gasteiger partial charge < -0.3 is 11.1 Å². The van der Waals surface area contributed by atoms with Crippen LogP contribution in [0.1, 0.15) is 16.1 Å². The van der Waals surface area contributed by atoms with E-state index in [-0.39, 0.29) is 17.2 Å². The van der Waals surface area contributed by atoms with Crippen LogP contribution >= 0.6 is 0 Å². The first kappa shape index (κ1) is 13.8. The van der Waals surface area contributed by atoms with Gasteiger partial charge in [0.2, 0.25) is 11.5 Å². The molecular weight excluding hydrogens is 284 g/mol. The van der Waals surface area contributed by atoms with E-state index >= 15 is 0 Å². The highest BCUT2D eigenvalue weighted by Gasteiger charge is 2.34. The van der Waals surface area contributed by atoms with E-state index in [1.54, 1.807) is 0 Å². The Morgan fingerprint density at radius 3 is 2.55 bits per heavy atom. The summed E-state index contributed by atoms with van der Waals surface area (Å²) in [5, 5.41) is 8.40. The van der Waals surface area contributed by atoms with Crippen molar-refractivity contribution in [2.24, 2.45) is 0 Å². The number of nitrogen functional groups attached to an aromatic ring is 1. The van der Waals surface area contributed by atoms with Crippen LogP contribution in [0.5, 0.6) is 0 Å². The normalized spacial score (nSPS) is 11.4. The highest BCUT2D eigenvalue weighted by molar-refractivity contribution is 6.05. The van der Waals surface area contributed by atoms with Gasteiger partial charge in [-0.15, -0.1) is 0 Å². The molecule has 0 unspecified atom stereocenters. The predicted molar refractivity (Wildman–Crippen MR) is 58.1 cm³/mol. The van der Waals surface area contributed by atoms with Gasteiger partial charge in [0, 0.05) is 5.69 Å². The van der Waals surface area contributed by atoms with E-state index in [1.807, 2.05) is 0 Å². The SMILES string of the molecule is Nc1nonc1C(=O)Nc1ccc(F)c(C(F)(F)F)c1. The molecule has 1 aromatic heterocycles. The van der Waals surface area contributed by atoms with Crippen LogP contribution in [0, 0.1) is 5.82 Å². The third-order valence-electron chi connectivity index (χ3n) is 2.26. The maximum Gasteiger partial charge on any atom is 0.419 e. The van der Waals surface area contributed by atoms with E-state index in [9.17, 15) is 22.4 Å². The number of hydrogen-bond acceptors (Lipinski definition) is 5. The molecule has 0 atom stereocenters. The highest BCUT2D eigenvalue weighted by Crippen LogP contribution is 2.33. The van der Waals surface area contributed by atoms with Gasteiger partial charge in [0.1, 0.15) is 5.82 Å². The van der Waals surface area contributed by atoms with Gasteiger partial charge in [-0.1, -0.05) is 0 Å². The number of amides is 1. The standard InChI is InChI=1S/C10H6F4N4O2/c11-6-2-1-4(3-5(6)10(12,13)14)16-9(19)7-8(15)18-20-17-7/h1-3H,(H2,15,18)(H,16,19). The molecule has 2 aromatic rings. The molecule has 1 heterocycles. The Balaban J connectivity index is 2.27. The fraction of sp³-hybridized carbons (Fsp3) is 0.100. The van der Waals surface area contributed by atoms with E-state index in [1.165, 1.54) is 0 Å². The molecule has 2 rings (SSSR count). The second kappa shape index (κ2) is 4.79. The third kappa shape index (κ3) is 2.68. The van der Waals surface area contributed by atoms with E-state index < -0.39 is 23.5 Å². The van der Waals surface area contributed by atoms with Crippen LogP contribution in [-0.4, -0.2) is 16.2 Å². The first-order chi connectivity index (χ1) is 9.29. The molecule has 6 nitrogen and oxygen atoms in total. The molecule has 0 radical (unpaired) electrons. The lowest BCUT2D eigenvalue weighted by molar-refractivity contribution is -0.139. The van der Waals surface area contributed by atoms with Gasteiger partial charge in [-0.25, -0.2) is 9.02 Å². The van der Waals surface area contributed by atoms with Crippen molar-refractivity contribution in [2.75, 3.05) is 11.1 Å². The molecule has 0 saturated heterocycles. The molecule has 0 aliphatic carbocycles. The number of nitrogens with zero attached hydrogens (tertiary/aromatic N) is 2. The molecule has 0 saturated carbocycles. The van der Waals surface area contributed by atoms with Crippen molar-refractivity contribution >= 4 is 17.4 Å². The average molecular weight is 290 g/mol. The van der Waals surface area contributed by atoms with E-state index in [0.29, 0.717) is 12.1 Å². The number of carbonyl (C=O) groups excluding carboxylic acids is 1. The number of benzene rings is 1. The fourth-order valence-electron chi connectivity index (χ4n) is 1.36. The van der Waals surface area contributed by atoms with Crippen molar-refractivity contribution in [2.45, 2.75) is 6.18 Å². The first-order valence-electron chi connectivity index (χ1n) is 5.05. The van der Waals surface area contributed by atoms with Gasteiger partial charge in [0.25, 0.3) is 5.91 Å². The number of halogens is 4. The summed E-state index contributed by atoms with van der Waals surface area (Å²) in [6, 6.07) is 2.01. The third-order valence-corrected chi connectivity index (χ3v) is 2.26. The molecule has 0 spiro atoms. The first-order valence-corrected chi connectivity index (χ1v) is 5.05. The molecule has 3 N–H and O–H groups in total. The zero-order valence-electron chi connectivity index (χ0n) is 9.53. The summed E-state index contributed by atoms with van der Waals surface area (Å²) in [4.78, 5) is 11.6. The van der Waals surface area contributed by atoms with Gasteiger partial charge in [0.15, 0.2) is 0 Å². The molecule has 1 amide bonds. The minimum Gasteiger partial charge on any atom is -0.379 e. The van der Waals surface area contributed by atoms with Gasteiger partial charge >= 0.3 is 6.18 Å². The van der Waals surface area contributed by atoms with Crippen molar-refractivity contribution in [1.82, 2.24) is 10.3 Å². The van der Waals surface area contributed by atoms with Crippen molar-refractivity contribution in [1.29, 1.82) is 0 Å². The van der Waals surface area contributed by atoms with Crippen LogP contribution in [0.3, 0.4) is 0 Å². The summed E-state index contributed by atoms with van der Waals surface area (Å²) >= 11 is 0. The lowest BCUT2D eigenvalue weighted by atomic mass is 10.1. The Hall–Kier alpha value is -2.65. The average Bonchev–Trinajstić information content (AvgIpc) is 2.76. The molecule has 106 valence electrons. The smallest absolute Gasteiger partial charge is 0.379 e. The summed E-state index contributed by atoms with van der Waals surface area (Å²) in [6.07, 6.45) is -4.88. The number of alkyl halides is 3. The Kier molecular flexibility index (Phi) is 3.30. The summed E-state index contributed by atoms with van der Waals surface area (Å²) in [7, 11) is 0. The number of hydrogen-bond donors (Lipinski definition) is 2. The Morgan fingerprint density at radius 1 is 1.30 bits per heavy atom. The van der Waals surface area contributed by atoms with Crippen molar-refractivity contribution in [3.63, 3.8) is 0 Å². The molecule has 0 bridgehead atoms. The monoisotopic (exact) mass is 290 g/mol. The van der Waals surface area contributed by atoms with Gasteiger partial charge in [-0.05, 0) is 28.5 Å². The summed E-state index contributed by atoms with van der Waals surface area (Å²) < 4.78 is 54.7. The van der Waals surface area contributed by atoms with Crippen LogP contribution in [-0.2, 0) is 6.18 Å². The topological polar surface area (TPSA) is 94.0 Å². The molecule has 20 heavy (non-hydrogen) atoms. The second-order valence-electron chi connectivity index (χ2n) is 3.64. The zero-order chi connectivity index (χ0) is 14.9.